The van der Waals surface area contributed by atoms with Crippen LogP contribution in [-0.2, 0) is 26.9 Å². The highest BCUT2D eigenvalue weighted by molar-refractivity contribution is 14.0. The molecule has 1 aliphatic heterocycles. The highest BCUT2D eigenvalue weighted by Crippen LogP contribution is 2.13. The van der Waals surface area contributed by atoms with Crippen molar-refractivity contribution in [2.45, 2.75) is 18.7 Å². The van der Waals surface area contributed by atoms with E-state index in [1.165, 1.54) is 6.26 Å². The van der Waals surface area contributed by atoms with Gasteiger partial charge in [-0.3, -0.25) is 4.99 Å². The fraction of sp³-hybridized carbons (Fsp3) is 0.588. The van der Waals surface area contributed by atoms with E-state index in [0.29, 0.717) is 12.5 Å². The minimum atomic E-state index is -2.99. The topological polar surface area (TPSA) is 71.0 Å². The number of hydrogen-bond acceptors (Lipinski definition) is 4. The normalized spacial score (nSPS) is 17.9. The second-order valence-electron chi connectivity index (χ2n) is 6.40. The van der Waals surface area contributed by atoms with Crippen LogP contribution in [0, 0.1) is 5.92 Å². The Morgan fingerprint density at radius 2 is 1.96 bits per heavy atom. The van der Waals surface area contributed by atoms with Crippen LogP contribution in [0.5, 0.6) is 0 Å². The van der Waals surface area contributed by atoms with Crippen LogP contribution in [0.1, 0.15) is 17.5 Å². The molecule has 1 N–H and O–H groups in total. The van der Waals surface area contributed by atoms with Gasteiger partial charge >= 0.3 is 0 Å². The Kier molecular flexibility index (Phi) is 9.15. The Labute approximate surface area is 168 Å². The molecule has 0 radical (unpaired) electrons. The van der Waals surface area contributed by atoms with Gasteiger partial charge in [-0.15, -0.1) is 24.0 Å². The van der Waals surface area contributed by atoms with Crippen molar-refractivity contribution in [1.82, 2.24) is 10.2 Å². The molecule has 0 bridgehead atoms. The van der Waals surface area contributed by atoms with E-state index in [9.17, 15) is 8.42 Å². The Bertz CT molecular complexity index is 656. The molecule has 0 aromatic heterocycles. The van der Waals surface area contributed by atoms with E-state index in [4.69, 9.17) is 4.74 Å². The van der Waals surface area contributed by atoms with Gasteiger partial charge in [0.15, 0.2) is 15.8 Å². The molecule has 1 aromatic rings. The third-order valence-electron chi connectivity index (χ3n) is 4.03. The molecule has 2 rings (SSSR count). The molecule has 6 nitrogen and oxygen atoms in total. The van der Waals surface area contributed by atoms with Gasteiger partial charge in [0, 0.05) is 46.0 Å². The lowest BCUT2D eigenvalue weighted by Gasteiger charge is -2.24. The Morgan fingerprint density at radius 1 is 1.32 bits per heavy atom. The van der Waals surface area contributed by atoms with Gasteiger partial charge in [-0.2, -0.15) is 0 Å². The molecule has 0 saturated carbocycles. The maximum atomic E-state index is 11.3. The zero-order chi connectivity index (χ0) is 17.6. The van der Waals surface area contributed by atoms with Crippen molar-refractivity contribution in [1.29, 1.82) is 0 Å². The Morgan fingerprint density at radius 3 is 2.48 bits per heavy atom. The molecule has 25 heavy (non-hydrogen) atoms. The van der Waals surface area contributed by atoms with Gasteiger partial charge in [0.05, 0.1) is 12.4 Å². The van der Waals surface area contributed by atoms with Crippen LogP contribution in [0.4, 0.5) is 0 Å². The van der Waals surface area contributed by atoms with Crippen molar-refractivity contribution in [3.05, 3.63) is 35.4 Å². The number of hydrogen-bond donors (Lipinski definition) is 1. The Balaban J connectivity index is 0.00000312. The second-order valence-corrected chi connectivity index (χ2v) is 8.54. The zero-order valence-corrected chi connectivity index (χ0v) is 18.2. The van der Waals surface area contributed by atoms with Crippen molar-refractivity contribution >= 4 is 39.8 Å². The lowest BCUT2D eigenvalue weighted by Crippen LogP contribution is -2.41. The van der Waals surface area contributed by atoms with E-state index in [0.717, 1.165) is 43.3 Å². The summed E-state index contributed by atoms with van der Waals surface area (Å²) in [5, 5.41) is 3.34. The monoisotopic (exact) mass is 481 g/mol. The summed E-state index contributed by atoms with van der Waals surface area (Å²) in [6.45, 7) is 3.25. The van der Waals surface area contributed by atoms with Crippen LogP contribution in [0.15, 0.2) is 29.3 Å². The number of nitrogens with one attached hydrogen (secondary N) is 1. The molecule has 1 aliphatic rings. The fourth-order valence-electron chi connectivity index (χ4n) is 2.82. The molecule has 0 amide bonds. The van der Waals surface area contributed by atoms with E-state index in [1.54, 1.807) is 7.05 Å². The van der Waals surface area contributed by atoms with Crippen molar-refractivity contribution in [2.24, 2.45) is 10.9 Å². The molecule has 1 saturated heterocycles. The molecular weight excluding hydrogens is 453 g/mol. The number of guanidine groups is 1. The third kappa shape index (κ3) is 7.91. The maximum absolute atomic E-state index is 11.3. The zero-order valence-electron chi connectivity index (χ0n) is 15.1. The highest BCUT2D eigenvalue weighted by atomic mass is 127. The van der Waals surface area contributed by atoms with Crippen LogP contribution in [-0.4, -0.2) is 59.4 Å². The van der Waals surface area contributed by atoms with Gasteiger partial charge in [0.2, 0.25) is 0 Å². The molecule has 1 unspecified atom stereocenters. The van der Waals surface area contributed by atoms with Crippen molar-refractivity contribution < 1.29 is 13.2 Å². The molecule has 1 aromatic carbocycles. The molecular formula is C17H28IN3O3S. The fourth-order valence-corrected chi connectivity index (χ4v) is 3.62. The smallest absolute Gasteiger partial charge is 0.193 e. The van der Waals surface area contributed by atoms with Gasteiger partial charge in [-0.05, 0) is 17.5 Å². The number of sulfone groups is 1. The first-order valence-electron chi connectivity index (χ1n) is 8.12. The average Bonchev–Trinajstić information content (AvgIpc) is 3.01. The first kappa shape index (κ1) is 22.2. The summed E-state index contributed by atoms with van der Waals surface area (Å²) in [5.74, 6) is 1.49. The standard InChI is InChI=1S/C17H27N3O3S.HI/c1-18-17(20(2)11-16-8-9-23-12-16)19-10-14-4-6-15(7-5-14)13-24(3,21)22;/h4-7,16H,8-13H2,1-3H3,(H,18,19);1H. The quantitative estimate of drug-likeness (QED) is 0.382. The molecule has 1 heterocycles. The maximum Gasteiger partial charge on any atom is 0.193 e. The summed E-state index contributed by atoms with van der Waals surface area (Å²) in [6, 6.07) is 7.62. The SMILES string of the molecule is CN=C(NCc1ccc(CS(C)(=O)=O)cc1)N(C)CC1CCOC1.I. The van der Waals surface area contributed by atoms with E-state index < -0.39 is 9.84 Å². The molecule has 142 valence electrons. The lowest BCUT2D eigenvalue weighted by atomic mass is 10.1. The highest BCUT2D eigenvalue weighted by Gasteiger charge is 2.18. The van der Waals surface area contributed by atoms with E-state index in [2.05, 4.69) is 15.2 Å². The van der Waals surface area contributed by atoms with Gasteiger partial charge in [-0.25, -0.2) is 8.42 Å². The van der Waals surface area contributed by atoms with Crippen LogP contribution in [0.25, 0.3) is 0 Å². The van der Waals surface area contributed by atoms with Crippen molar-refractivity contribution in [3.8, 4) is 0 Å². The van der Waals surface area contributed by atoms with Gasteiger partial charge in [0.25, 0.3) is 0 Å². The molecule has 0 spiro atoms. The van der Waals surface area contributed by atoms with E-state index >= 15 is 0 Å². The number of benzene rings is 1. The predicted octanol–water partition coefficient (Wildman–Crippen LogP) is 1.89. The predicted molar refractivity (Wildman–Crippen MR) is 112 cm³/mol. The van der Waals surface area contributed by atoms with Crippen molar-refractivity contribution in [3.63, 3.8) is 0 Å². The van der Waals surface area contributed by atoms with E-state index in [1.807, 2.05) is 31.3 Å². The number of aliphatic imine (C=N–C) groups is 1. The summed E-state index contributed by atoms with van der Waals surface area (Å²) < 4.78 is 28.0. The molecule has 1 atom stereocenters. The Hall–Kier alpha value is -0.870. The number of rotatable bonds is 6. The summed E-state index contributed by atoms with van der Waals surface area (Å²) >= 11 is 0. The first-order valence-corrected chi connectivity index (χ1v) is 10.2. The lowest BCUT2D eigenvalue weighted by molar-refractivity contribution is 0.181. The van der Waals surface area contributed by atoms with Crippen molar-refractivity contribution in [2.75, 3.05) is 40.1 Å². The first-order chi connectivity index (χ1) is 11.4. The number of halogens is 1. The molecule has 1 fully saturated rings. The summed E-state index contributed by atoms with van der Waals surface area (Å²) in [6.07, 6.45) is 2.35. The van der Waals surface area contributed by atoms with Crippen LogP contribution in [0.3, 0.4) is 0 Å². The van der Waals surface area contributed by atoms with Crippen LogP contribution >= 0.6 is 24.0 Å². The average molecular weight is 481 g/mol. The minimum absolute atomic E-state index is 0. The molecule has 0 aliphatic carbocycles. The number of nitrogens with zero attached hydrogens (tertiary/aromatic N) is 2. The third-order valence-corrected chi connectivity index (χ3v) is 4.89. The van der Waals surface area contributed by atoms with Gasteiger partial charge in [-0.1, -0.05) is 24.3 Å². The largest absolute Gasteiger partial charge is 0.381 e. The van der Waals surface area contributed by atoms with Crippen LogP contribution < -0.4 is 5.32 Å². The summed E-state index contributed by atoms with van der Waals surface area (Å²) in [7, 11) is 0.813. The van der Waals surface area contributed by atoms with E-state index in [-0.39, 0.29) is 29.7 Å². The molecule has 8 heteroatoms. The summed E-state index contributed by atoms with van der Waals surface area (Å²) in [5.41, 5.74) is 1.90. The van der Waals surface area contributed by atoms with Crippen LogP contribution in [0.2, 0.25) is 0 Å². The minimum Gasteiger partial charge on any atom is -0.381 e. The van der Waals surface area contributed by atoms with Gasteiger partial charge in [0.1, 0.15) is 0 Å². The summed E-state index contributed by atoms with van der Waals surface area (Å²) in [4.78, 5) is 6.44. The second kappa shape index (κ2) is 10.3. The number of ether oxygens (including phenoxy) is 1. The van der Waals surface area contributed by atoms with Gasteiger partial charge < -0.3 is 15.0 Å².